The lowest BCUT2D eigenvalue weighted by Crippen LogP contribution is -2.18. The summed E-state index contributed by atoms with van der Waals surface area (Å²) >= 11 is 0. The van der Waals surface area contributed by atoms with Gasteiger partial charge in [0, 0.05) is 0 Å². The first-order valence-electron chi connectivity index (χ1n) is 6.78. The molecule has 0 aliphatic heterocycles. The Hall–Kier alpha value is -0.890. The first kappa shape index (κ1) is 14.2. The average molecular weight is 237 g/mol. The fourth-order valence-corrected chi connectivity index (χ4v) is 1.90. The molecule has 0 saturated carbocycles. The molecule has 17 heavy (non-hydrogen) atoms. The topological polar surface area (TPSA) is 12.0 Å². The van der Waals surface area contributed by atoms with E-state index in [0.717, 1.165) is 25.1 Å². The Balaban J connectivity index is 1.97. The van der Waals surface area contributed by atoms with Crippen molar-refractivity contribution in [2.45, 2.75) is 45.4 Å². The van der Waals surface area contributed by atoms with Crippen LogP contribution in [0, 0.1) is 5.82 Å². The highest BCUT2D eigenvalue weighted by Crippen LogP contribution is 2.04. The normalized spacial score (nSPS) is 10.7. The number of nitrogens with one attached hydrogen (secondary N) is 1. The minimum Gasteiger partial charge on any atom is -0.316 e. The van der Waals surface area contributed by atoms with E-state index < -0.39 is 0 Å². The molecule has 0 amide bonds. The third-order valence-corrected chi connectivity index (χ3v) is 2.94. The summed E-state index contributed by atoms with van der Waals surface area (Å²) in [5, 5.41) is 3.41. The maximum Gasteiger partial charge on any atom is 0.123 e. The van der Waals surface area contributed by atoms with Gasteiger partial charge in [-0.15, -0.1) is 0 Å². The molecular formula is C15H24FN. The van der Waals surface area contributed by atoms with Gasteiger partial charge in [0.1, 0.15) is 5.82 Å². The van der Waals surface area contributed by atoms with Crippen LogP contribution in [0.4, 0.5) is 4.39 Å². The van der Waals surface area contributed by atoms with E-state index in [1.807, 2.05) is 6.07 Å². The van der Waals surface area contributed by atoms with Crippen LogP contribution in [0.5, 0.6) is 0 Å². The molecule has 0 aromatic heterocycles. The zero-order chi connectivity index (χ0) is 12.3. The van der Waals surface area contributed by atoms with Gasteiger partial charge in [0.05, 0.1) is 0 Å². The zero-order valence-electron chi connectivity index (χ0n) is 10.8. The summed E-state index contributed by atoms with van der Waals surface area (Å²) in [4.78, 5) is 0. The first-order valence-corrected chi connectivity index (χ1v) is 6.78. The summed E-state index contributed by atoms with van der Waals surface area (Å²) in [6.07, 6.45) is 7.48. The molecule has 1 aromatic rings. The maximum absolute atomic E-state index is 12.9. The molecule has 0 aliphatic rings. The lowest BCUT2D eigenvalue weighted by atomic mass is 10.1. The highest BCUT2D eigenvalue weighted by atomic mass is 19.1. The van der Waals surface area contributed by atoms with E-state index in [9.17, 15) is 4.39 Å². The quantitative estimate of drug-likeness (QED) is 0.642. The second-order valence-corrected chi connectivity index (χ2v) is 4.54. The molecule has 2 heteroatoms. The van der Waals surface area contributed by atoms with Crippen LogP contribution in [0.25, 0.3) is 0 Å². The lowest BCUT2D eigenvalue weighted by Gasteiger charge is -2.05. The number of hydrogen-bond donors (Lipinski definition) is 1. The molecule has 1 aromatic carbocycles. The van der Waals surface area contributed by atoms with Crippen molar-refractivity contribution in [1.82, 2.24) is 5.32 Å². The Labute approximate surface area is 104 Å². The molecular weight excluding hydrogens is 213 g/mol. The Bertz CT molecular complexity index is 299. The van der Waals surface area contributed by atoms with E-state index in [1.165, 1.54) is 38.2 Å². The Morgan fingerprint density at radius 2 is 1.88 bits per heavy atom. The van der Waals surface area contributed by atoms with Gasteiger partial charge < -0.3 is 5.32 Å². The minimum absolute atomic E-state index is 0.137. The molecule has 96 valence electrons. The van der Waals surface area contributed by atoms with Crippen molar-refractivity contribution in [3.8, 4) is 0 Å². The number of halogens is 1. The molecule has 0 fully saturated rings. The minimum atomic E-state index is -0.137. The van der Waals surface area contributed by atoms with Crippen molar-refractivity contribution < 1.29 is 4.39 Å². The van der Waals surface area contributed by atoms with Gasteiger partial charge in [0.25, 0.3) is 0 Å². The first-order chi connectivity index (χ1) is 8.33. The summed E-state index contributed by atoms with van der Waals surface area (Å²) in [6.45, 7) is 4.26. The maximum atomic E-state index is 12.9. The van der Waals surface area contributed by atoms with E-state index in [2.05, 4.69) is 12.2 Å². The van der Waals surface area contributed by atoms with Gasteiger partial charge in [-0.1, -0.05) is 44.7 Å². The van der Waals surface area contributed by atoms with Crippen LogP contribution in [-0.4, -0.2) is 13.1 Å². The van der Waals surface area contributed by atoms with Crippen molar-refractivity contribution in [3.63, 3.8) is 0 Å². The van der Waals surface area contributed by atoms with Crippen LogP contribution in [0.1, 0.15) is 44.6 Å². The number of benzene rings is 1. The molecule has 0 radical (unpaired) electrons. The second kappa shape index (κ2) is 9.17. The van der Waals surface area contributed by atoms with Crippen molar-refractivity contribution in [2.75, 3.05) is 13.1 Å². The van der Waals surface area contributed by atoms with Crippen molar-refractivity contribution >= 4 is 0 Å². The predicted molar refractivity (Wildman–Crippen MR) is 71.7 cm³/mol. The van der Waals surface area contributed by atoms with E-state index in [-0.39, 0.29) is 5.82 Å². The van der Waals surface area contributed by atoms with Gasteiger partial charge in [-0.25, -0.2) is 4.39 Å². The van der Waals surface area contributed by atoms with Crippen molar-refractivity contribution in [2.24, 2.45) is 0 Å². The summed E-state index contributed by atoms with van der Waals surface area (Å²) in [5.41, 5.74) is 1.07. The molecule has 1 rings (SSSR count). The second-order valence-electron chi connectivity index (χ2n) is 4.54. The smallest absolute Gasteiger partial charge is 0.123 e. The fraction of sp³-hybridized carbons (Fsp3) is 0.600. The van der Waals surface area contributed by atoms with Crippen LogP contribution >= 0.6 is 0 Å². The standard InChI is InChI=1S/C15H24FN/c1-2-3-4-5-6-11-17-12-10-14-8-7-9-15(16)13-14/h7-9,13,17H,2-6,10-12H2,1H3. The van der Waals surface area contributed by atoms with Gasteiger partial charge in [-0.05, 0) is 43.6 Å². The van der Waals surface area contributed by atoms with E-state index >= 15 is 0 Å². The van der Waals surface area contributed by atoms with Gasteiger partial charge in [0.2, 0.25) is 0 Å². The van der Waals surface area contributed by atoms with Crippen LogP contribution in [-0.2, 0) is 6.42 Å². The lowest BCUT2D eigenvalue weighted by molar-refractivity contribution is 0.583. The van der Waals surface area contributed by atoms with Crippen LogP contribution in [0.15, 0.2) is 24.3 Å². The molecule has 0 saturated heterocycles. The van der Waals surface area contributed by atoms with E-state index in [1.54, 1.807) is 12.1 Å². The number of hydrogen-bond acceptors (Lipinski definition) is 1. The van der Waals surface area contributed by atoms with Gasteiger partial charge in [0.15, 0.2) is 0 Å². The van der Waals surface area contributed by atoms with Crippen molar-refractivity contribution in [3.05, 3.63) is 35.6 Å². The third-order valence-electron chi connectivity index (χ3n) is 2.94. The van der Waals surface area contributed by atoms with Crippen molar-refractivity contribution in [1.29, 1.82) is 0 Å². The van der Waals surface area contributed by atoms with Crippen LogP contribution in [0.3, 0.4) is 0 Å². The highest BCUT2D eigenvalue weighted by molar-refractivity contribution is 5.16. The number of unbranched alkanes of at least 4 members (excludes halogenated alkanes) is 4. The monoisotopic (exact) mass is 237 g/mol. The molecule has 0 atom stereocenters. The molecule has 0 spiro atoms. The molecule has 0 heterocycles. The van der Waals surface area contributed by atoms with Crippen LogP contribution in [0.2, 0.25) is 0 Å². The highest BCUT2D eigenvalue weighted by Gasteiger charge is 1.95. The molecule has 1 nitrogen and oxygen atoms in total. The fourth-order valence-electron chi connectivity index (χ4n) is 1.90. The predicted octanol–water partition coefficient (Wildman–Crippen LogP) is 3.93. The van der Waals surface area contributed by atoms with Gasteiger partial charge in [-0.2, -0.15) is 0 Å². The molecule has 0 unspecified atom stereocenters. The van der Waals surface area contributed by atoms with Gasteiger partial charge >= 0.3 is 0 Å². The van der Waals surface area contributed by atoms with E-state index in [4.69, 9.17) is 0 Å². The SMILES string of the molecule is CCCCCCCNCCc1cccc(F)c1. The summed E-state index contributed by atoms with van der Waals surface area (Å²) < 4.78 is 12.9. The Morgan fingerprint density at radius 1 is 1.06 bits per heavy atom. The number of rotatable bonds is 9. The third kappa shape index (κ3) is 7.11. The van der Waals surface area contributed by atoms with E-state index in [0.29, 0.717) is 0 Å². The molecule has 0 aliphatic carbocycles. The summed E-state index contributed by atoms with van der Waals surface area (Å²) in [6, 6.07) is 6.86. The Morgan fingerprint density at radius 3 is 2.65 bits per heavy atom. The summed E-state index contributed by atoms with van der Waals surface area (Å²) in [5.74, 6) is -0.137. The zero-order valence-corrected chi connectivity index (χ0v) is 10.8. The largest absolute Gasteiger partial charge is 0.316 e. The average Bonchev–Trinajstić information content (AvgIpc) is 2.33. The molecule has 1 N–H and O–H groups in total. The Kier molecular flexibility index (Phi) is 7.65. The van der Waals surface area contributed by atoms with Crippen LogP contribution < -0.4 is 5.32 Å². The summed E-state index contributed by atoms with van der Waals surface area (Å²) in [7, 11) is 0. The molecule has 0 bridgehead atoms. The van der Waals surface area contributed by atoms with Gasteiger partial charge in [-0.3, -0.25) is 0 Å².